The number of carbonyl (C=O) groups excluding carboxylic acids is 1. The van der Waals surface area contributed by atoms with Crippen LogP contribution in [0, 0.1) is 0 Å². The Balaban J connectivity index is 1.74. The summed E-state index contributed by atoms with van der Waals surface area (Å²) in [5, 5.41) is 7.09. The predicted molar refractivity (Wildman–Crippen MR) is 107 cm³/mol. The van der Waals surface area contributed by atoms with Crippen LogP contribution in [0.5, 0.6) is 5.75 Å². The minimum absolute atomic E-state index is 0.0517. The van der Waals surface area contributed by atoms with Gasteiger partial charge in [0.05, 0.1) is 5.75 Å². The minimum Gasteiger partial charge on any atom is -0.492 e. The summed E-state index contributed by atoms with van der Waals surface area (Å²) in [6, 6.07) is 17.4. The Kier molecular flexibility index (Phi) is 6.10. The number of carbonyl (C=O) groups is 1. The van der Waals surface area contributed by atoms with Gasteiger partial charge in [-0.3, -0.25) is 9.48 Å². The Hall–Kier alpha value is -3.13. The molecular formula is C20H21N3O4S. The number of amides is 1. The van der Waals surface area contributed by atoms with Crippen molar-refractivity contribution in [2.45, 2.75) is 6.04 Å². The largest absolute Gasteiger partial charge is 0.492 e. The molecule has 146 valence electrons. The van der Waals surface area contributed by atoms with E-state index in [-0.39, 0.29) is 18.3 Å². The van der Waals surface area contributed by atoms with Gasteiger partial charge in [-0.2, -0.15) is 5.10 Å². The molecule has 1 unspecified atom stereocenters. The zero-order valence-electron chi connectivity index (χ0n) is 15.4. The lowest BCUT2D eigenvalue weighted by Crippen LogP contribution is -2.27. The number of sulfone groups is 1. The summed E-state index contributed by atoms with van der Waals surface area (Å²) in [5.74, 6) is 0.166. The number of ether oxygens (including phenoxy) is 1. The van der Waals surface area contributed by atoms with Gasteiger partial charge in [0.1, 0.15) is 12.4 Å². The first-order valence-corrected chi connectivity index (χ1v) is 10.7. The molecule has 0 aliphatic rings. The monoisotopic (exact) mass is 399 g/mol. The highest BCUT2D eigenvalue weighted by atomic mass is 32.2. The van der Waals surface area contributed by atoms with Crippen molar-refractivity contribution < 1.29 is 17.9 Å². The van der Waals surface area contributed by atoms with E-state index in [9.17, 15) is 13.2 Å². The second kappa shape index (κ2) is 8.71. The normalized spacial score (nSPS) is 12.3. The Labute approximate surface area is 163 Å². The first-order valence-electron chi connectivity index (χ1n) is 8.68. The molecule has 0 radical (unpaired) electrons. The molecule has 1 atom stereocenters. The van der Waals surface area contributed by atoms with Crippen LogP contribution in [0.15, 0.2) is 73.1 Å². The van der Waals surface area contributed by atoms with Gasteiger partial charge in [0.15, 0.2) is 15.9 Å². The summed E-state index contributed by atoms with van der Waals surface area (Å²) in [7, 11) is -3.09. The molecule has 0 spiro atoms. The number of rotatable bonds is 8. The first kappa shape index (κ1) is 19.6. The van der Waals surface area contributed by atoms with Crippen LogP contribution in [-0.4, -0.2) is 42.7 Å². The van der Waals surface area contributed by atoms with E-state index in [2.05, 4.69) is 10.4 Å². The molecular weight excluding hydrogens is 378 g/mol. The Morgan fingerprint density at radius 2 is 1.93 bits per heavy atom. The van der Waals surface area contributed by atoms with Crippen molar-refractivity contribution >= 4 is 21.4 Å². The summed E-state index contributed by atoms with van der Waals surface area (Å²) in [6.45, 7) is 0.0517. The third-order valence-electron chi connectivity index (χ3n) is 3.98. The summed E-state index contributed by atoms with van der Waals surface area (Å²) < 4.78 is 29.5. The fourth-order valence-electron chi connectivity index (χ4n) is 2.68. The lowest BCUT2D eigenvalue weighted by atomic mass is 10.1. The van der Waals surface area contributed by atoms with E-state index in [0.29, 0.717) is 11.4 Å². The number of hydrogen-bond donors (Lipinski definition) is 1. The highest BCUT2D eigenvalue weighted by Gasteiger charge is 2.23. The van der Waals surface area contributed by atoms with E-state index in [1.807, 2.05) is 30.3 Å². The van der Waals surface area contributed by atoms with Crippen molar-refractivity contribution in [3.8, 4) is 5.75 Å². The van der Waals surface area contributed by atoms with Gasteiger partial charge >= 0.3 is 0 Å². The Bertz CT molecular complexity index is 1020. The molecule has 0 saturated carbocycles. The van der Waals surface area contributed by atoms with Crippen molar-refractivity contribution in [2.24, 2.45) is 0 Å². The van der Waals surface area contributed by atoms with Gasteiger partial charge in [0.2, 0.25) is 0 Å². The smallest absolute Gasteiger partial charge is 0.253 e. The number of aromatic nitrogens is 2. The zero-order valence-corrected chi connectivity index (χ0v) is 16.2. The summed E-state index contributed by atoms with van der Waals surface area (Å²) in [6.07, 6.45) is 4.52. The van der Waals surface area contributed by atoms with Crippen molar-refractivity contribution in [2.75, 3.05) is 23.9 Å². The van der Waals surface area contributed by atoms with Crippen LogP contribution in [0.25, 0.3) is 0 Å². The van der Waals surface area contributed by atoms with Gasteiger partial charge in [-0.05, 0) is 23.8 Å². The topological polar surface area (TPSA) is 90.3 Å². The van der Waals surface area contributed by atoms with E-state index < -0.39 is 15.9 Å². The Morgan fingerprint density at radius 1 is 1.14 bits per heavy atom. The SMILES string of the molecule is CS(=O)(=O)CCOc1cccc(NC(=O)C(c2ccccc2)n2cccn2)c1. The van der Waals surface area contributed by atoms with Gasteiger partial charge in [-0.1, -0.05) is 36.4 Å². The molecule has 3 rings (SSSR count). The number of benzene rings is 2. The first-order chi connectivity index (χ1) is 13.4. The third kappa shape index (κ3) is 5.43. The van der Waals surface area contributed by atoms with Crippen LogP contribution in [-0.2, 0) is 14.6 Å². The minimum atomic E-state index is -3.09. The summed E-state index contributed by atoms with van der Waals surface area (Å²) >= 11 is 0. The fourth-order valence-corrected chi connectivity index (χ4v) is 3.06. The van der Waals surface area contributed by atoms with Crippen molar-refractivity contribution in [3.63, 3.8) is 0 Å². The molecule has 0 saturated heterocycles. The Morgan fingerprint density at radius 3 is 2.61 bits per heavy atom. The summed E-state index contributed by atoms with van der Waals surface area (Å²) in [5.41, 5.74) is 1.36. The highest BCUT2D eigenvalue weighted by Crippen LogP contribution is 2.22. The molecule has 0 aliphatic heterocycles. The van der Waals surface area contributed by atoms with Gasteiger partial charge < -0.3 is 10.1 Å². The van der Waals surface area contributed by atoms with Crippen molar-refractivity contribution in [1.82, 2.24) is 9.78 Å². The van der Waals surface area contributed by atoms with Crippen LogP contribution in [0.1, 0.15) is 11.6 Å². The lowest BCUT2D eigenvalue weighted by Gasteiger charge is -2.18. The van der Waals surface area contributed by atoms with Crippen LogP contribution >= 0.6 is 0 Å². The highest BCUT2D eigenvalue weighted by molar-refractivity contribution is 7.90. The molecule has 1 heterocycles. The van der Waals surface area contributed by atoms with E-state index in [1.54, 1.807) is 47.4 Å². The number of hydrogen-bond acceptors (Lipinski definition) is 5. The van der Waals surface area contributed by atoms with E-state index in [1.165, 1.54) is 0 Å². The molecule has 8 heteroatoms. The molecule has 1 aromatic heterocycles. The predicted octanol–water partition coefficient (Wildman–Crippen LogP) is 2.53. The molecule has 0 aliphatic carbocycles. The van der Waals surface area contributed by atoms with Crippen molar-refractivity contribution in [1.29, 1.82) is 0 Å². The van der Waals surface area contributed by atoms with E-state index >= 15 is 0 Å². The molecule has 2 aromatic carbocycles. The van der Waals surface area contributed by atoms with Gasteiger partial charge in [0.25, 0.3) is 5.91 Å². The third-order valence-corrected chi connectivity index (χ3v) is 4.89. The van der Waals surface area contributed by atoms with Gasteiger partial charge in [-0.15, -0.1) is 0 Å². The lowest BCUT2D eigenvalue weighted by molar-refractivity contribution is -0.118. The number of anilines is 1. The van der Waals surface area contributed by atoms with Crippen LogP contribution in [0.3, 0.4) is 0 Å². The molecule has 0 fully saturated rings. The van der Waals surface area contributed by atoms with Crippen LogP contribution in [0.2, 0.25) is 0 Å². The maximum absolute atomic E-state index is 13.0. The van der Waals surface area contributed by atoms with Gasteiger partial charge in [0, 0.05) is 30.4 Å². The number of nitrogens with zero attached hydrogens (tertiary/aromatic N) is 2. The average molecular weight is 399 g/mol. The molecule has 1 N–H and O–H groups in total. The number of nitrogens with one attached hydrogen (secondary N) is 1. The zero-order chi connectivity index (χ0) is 20.0. The van der Waals surface area contributed by atoms with Crippen LogP contribution in [0.4, 0.5) is 5.69 Å². The van der Waals surface area contributed by atoms with Crippen molar-refractivity contribution in [3.05, 3.63) is 78.6 Å². The molecule has 3 aromatic rings. The molecule has 1 amide bonds. The maximum atomic E-state index is 13.0. The molecule has 7 nitrogen and oxygen atoms in total. The molecule has 0 bridgehead atoms. The fraction of sp³-hybridized carbons (Fsp3) is 0.200. The second-order valence-electron chi connectivity index (χ2n) is 6.29. The van der Waals surface area contributed by atoms with E-state index in [4.69, 9.17) is 4.74 Å². The molecule has 28 heavy (non-hydrogen) atoms. The van der Waals surface area contributed by atoms with Gasteiger partial charge in [-0.25, -0.2) is 8.42 Å². The summed E-state index contributed by atoms with van der Waals surface area (Å²) in [4.78, 5) is 13.0. The quantitative estimate of drug-likeness (QED) is 0.629. The van der Waals surface area contributed by atoms with E-state index in [0.717, 1.165) is 11.8 Å². The van der Waals surface area contributed by atoms with Crippen LogP contribution < -0.4 is 10.1 Å². The maximum Gasteiger partial charge on any atom is 0.253 e. The standard InChI is InChI=1S/C20H21N3O4S/c1-28(25,26)14-13-27-18-10-5-9-17(15-18)22-20(24)19(23-12-6-11-21-23)16-7-3-2-4-8-16/h2-12,15,19H,13-14H2,1H3,(H,22,24). The second-order valence-corrected chi connectivity index (χ2v) is 8.55. The average Bonchev–Trinajstić information content (AvgIpc) is 3.16.